The lowest BCUT2D eigenvalue weighted by molar-refractivity contribution is 0.0697. The summed E-state index contributed by atoms with van der Waals surface area (Å²) in [6, 6.07) is 11.9. The van der Waals surface area contributed by atoms with Crippen molar-refractivity contribution in [2.24, 2.45) is 0 Å². The van der Waals surface area contributed by atoms with Gasteiger partial charge in [0.25, 0.3) is 0 Å². The Bertz CT molecular complexity index is 1040. The molecule has 0 radical (unpaired) electrons. The Hall–Kier alpha value is -2.34. The van der Waals surface area contributed by atoms with E-state index in [-0.39, 0.29) is 22.1 Å². The van der Waals surface area contributed by atoms with Crippen molar-refractivity contribution in [2.75, 3.05) is 10.1 Å². The summed E-state index contributed by atoms with van der Waals surface area (Å²) in [5.74, 6) is -1.10. The van der Waals surface area contributed by atoms with Crippen LogP contribution in [0.4, 0.5) is 11.4 Å². The molecule has 29 heavy (non-hydrogen) atoms. The number of sulfonamides is 1. The summed E-state index contributed by atoms with van der Waals surface area (Å²) in [6.45, 7) is 10.5. The van der Waals surface area contributed by atoms with Gasteiger partial charge in [-0.25, -0.2) is 17.5 Å². The SMILES string of the molecule is CCS(=O)(=O)N(c1ccc(C(=O)O)cc1)c1ccc2c(c1)C(C)(C)CCC2(C)C. The molecule has 1 aliphatic rings. The van der Waals surface area contributed by atoms with Crippen LogP contribution in [0.15, 0.2) is 42.5 Å². The number of anilines is 2. The van der Waals surface area contributed by atoms with Gasteiger partial charge in [-0.15, -0.1) is 0 Å². The third kappa shape index (κ3) is 3.90. The van der Waals surface area contributed by atoms with Crippen molar-refractivity contribution >= 4 is 27.4 Å². The number of carboxylic acid groups (broad SMARTS) is 1. The van der Waals surface area contributed by atoms with Gasteiger partial charge in [-0.05, 0) is 78.1 Å². The predicted molar refractivity (Wildman–Crippen MR) is 117 cm³/mol. The molecule has 0 unspecified atom stereocenters. The molecule has 0 spiro atoms. The molecule has 0 heterocycles. The Kier molecular flexibility index (Phi) is 5.28. The standard InChI is InChI=1S/C23H29NO4S/c1-6-29(27,28)24(17-9-7-16(8-10-17)21(25)26)18-11-12-19-20(15-18)23(4,5)14-13-22(19,2)3/h7-12,15H,6,13-14H2,1-5H3,(H,25,26). The van der Waals surface area contributed by atoms with Gasteiger partial charge in [-0.3, -0.25) is 0 Å². The van der Waals surface area contributed by atoms with Crippen LogP contribution in [-0.2, 0) is 20.9 Å². The molecule has 0 fully saturated rings. The molecule has 3 rings (SSSR count). The maximum Gasteiger partial charge on any atom is 0.335 e. The maximum atomic E-state index is 13.0. The molecule has 2 aromatic rings. The highest BCUT2D eigenvalue weighted by atomic mass is 32.2. The topological polar surface area (TPSA) is 74.7 Å². The van der Waals surface area contributed by atoms with E-state index in [1.807, 2.05) is 12.1 Å². The molecule has 1 aliphatic carbocycles. The molecule has 0 aliphatic heterocycles. The van der Waals surface area contributed by atoms with Crippen molar-refractivity contribution in [3.05, 3.63) is 59.2 Å². The zero-order chi connectivity index (χ0) is 21.6. The van der Waals surface area contributed by atoms with Gasteiger partial charge in [0.2, 0.25) is 10.0 Å². The summed E-state index contributed by atoms with van der Waals surface area (Å²) in [5.41, 5.74) is 3.56. The average Bonchev–Trinajstić information content (AvgIpc) is 2.66. The maximum absolute atomic E-state index is 13.0. The third-order valence-electron chi connectivity index (χ3n) is 6.06. The molecule has 156 valence electrons. The number of carbonyl (C=O) groups is 1. The van der Waals surface area contributed by atoms with Gasteiger partial charge >= 0.3 is 5.97 Å². The van der Waals surface area contributed by atoms with Crippen LogP contribution in [0.2, 0.25) is 0 Å². The first-order valence-corrected chi connectivity index (χ1v) is 11.5. The van der Waals surface area contributed by atoms with Crippen LogP contribution in [0, 0.1) is 0 Å². The molecule has 0 bridgehead atoms. The second-order valence-electron chi connectivity index (χ2n) is 9.01. The number of hydrogen-bond acceptors (Lipinski definition) is 3. The van der Waals surface area contributed by atoms with Crippen molar-refractivity contribution in [3.8, 4) is 0 Å². The quantitative estimate of drug-likeness (QED) is 0.726. The average molecular weight is 416 g/mol. The van der Waals surface area contributed by atoms with E-state index in [9.17, 15) is 13.2 Å². The summed E-state index contributed by atoms with van der Waals surface area (Å²) in [7, 11) is -3.61. The minimum absolute atomic E-state index is 0.0426. The molecule has 0 aromatic heterocycles. The van der Waals surface area contributed by atoms with Gasteiger partial charge in [0.1, 0.15) is 0 Å². The van der Waals surface area contributed by atoms with E-state index in [0.29, 0.717) is 11.4 Å². The summed E-state index contributed by atoms with van der Waals surface area (Å²) < 4.78 is 27.3. The fourth-order valence-electron chi connectivity index (χ4n) is 4.04. The predicted octanol–water partition coefficient (Wildman–Crippen LogP) is 5.22. The normalized spacial score (nSPS) is 17.4. The highest BCUT2D eigenvalue weighted by molar-refractivity contribution is 7.93. The van der Waals surface area contributed by atoms with Gasteiger partial charge in [0.15, 0.2) is 0 Å². The van der Waals surface area contributed by atoms with Gasteiger partial charge in [0, 0.05) is 0 Å². The van der Waals surface area contributed by atoms with Gasteiger partial charge < -0.3 is 5.11 Å². The molecular weight excluding hydrogens is 386 g/mol. The van der Waals surface area contributed by atoms with Gasteiger partial charge in [-0.2, -0.15) is 0 Å². The van der Waals surface area contributed by atoms with Crippen molar-refractivity contribution < 1.29 is 18.3 Å². The fourth-order valence-corrected chi connectivity index (χ4v) is 5.18. The monoisotopic (exact) mass is 415 g/mol. The number of fused-ring (bicyclic) bond motifs is 1. The van der Waals surface area contributed by atoms with Crippen molar-refractivity contribution in [3.63, 3.8) is 0 Å². The minimum Gasteiger partial charge on any atom is -0.478 e. The summed E-state index contributed by atoms with van der Waals surface area (Å²) in [5, 5.41) is 9.14. The van der Waals surface area contributed by atoms with Crippen LogP contribution in [0.1, 0.15) is 68.9 Å². The number of nitrogens with zero attached hydrogens (tertiary/aromatic N) is 1. The molecule has 0 saturated heterocycles. The van der Waals surface area contributed by atoms with E-state index in [1.165, 1.54) is 27.6 Å². The lowest BCUT2D eigenvalue weighted by atomic mass is 9.63. The molecule has 0 saturated carbocycles. The molecule has 0 amide bonds. The van der Waals surface area contributed by atoms with Crippen LogP contribution in [0.3, 0.4) is 0 Å². The largest absolute Gasteiger partial charge is 0.478 e. The van der Waals surface area contributed by atoms with Crippen molar-refractivity contribution in [2.45, 2.75) is 58.3 Å². The van der Waals surface area contributed by atoms with E-state index < -0.39 is 16.0 Å². The summed E-state index contributed by atoms with van der Waals surface area (Å²) >= 11 is 0. The number of carboxylic acids is 1. The Morgan fingerprint density at radius 2 is 1.45 bits per heavy atom. The van der Waals surface area contributed by atoms with Crippen LogP contribution >= 0.6 is 0 Å². The number of hydrogen-bond donors (Lipinski definition) is 1. The highest BCUT2D eigenvalue weighted by Crippen LogP contribution is 2.47. The first-order chi connectivity index (χ1) is 13.4. The Morgan fingerprint density at radius 3 is 1.97 bits per heavy atom. The van der Waals surface area contributed by atoms with Crippen LogP contribution in [0.25, 0.3) is 0 Å². The minimum atomic E-state index is -3.61. The number of aromatic carboxylic acids is 1. The van der Waals surface area contributed by atoms with Gasteiger partial charge in [-0.1, -0.05) is 33.8 Å². The Balaban J connectivity index is 2.19. The first-order valence-electron chi connectivity index (χ1n) is 9.90. The summed E-state index contributed by atoms with van der Waals surface area (Å²) in [6.07, 6.45) is 2.12. The Morgan fingerprint density at radius 1 is 0.931 bits per heavy atom. The molecule has 1 N–H and O–H groups in total. The number of benzene rings is 2. The summed E-state index contributed by atoms with van der Waals surface area (Å²) in [4.78, 5) is 11.2. The lowest BCUT2D eigenvalue weighted by Crippen LogP contribution is -2.34. The Labute approximate surface area is 173 Å². The molecule has 5 nitrogen and oxygen atoms in total. The van der Waals surface area contributed by atoms with Crippen LogP contribution < -0.4 is 4.31 Å². The fraction of sp³-hybridized carbons (Fsp3) is 0.435. The van der Waals surface area contributed by atoms with E-state index in [0.717, 1.165) is 12.8 Å². The van der Waals surface area contributed by atoms with E-state index in [2.05, 4.69) is 33.8 Å². The van der Waals surface area contributed by atoms with E-state index in [1.54, 1.807) is 19.1 Å². The van der Waals surface area contributed by atoms with Crippen LogP contribution in [0.5, 0.6) is 0 Å². The van der Waals surface area contributed by atoms with Crippen LogP contribution in [-0.4, -0.2) is 25.2 Å². The lowest BCUT2D eigenvalue weighted by Gasteiger charge is -2.42. The molecule has 0 atom stereocenters. The second-order valence-corrected chi connectivity index (χ2v) is 11.1. The second kappa shape index (κ2) is 7.17. The van der Waals surface area contributed by atoms with Gasteiger partial charge in [0.05, 0.1) is 22.7 Å². The molecule has 2 aromatic carbocycles. The van der Waals surface area contributed by atoms with Crippen molar-refractivity contribution in [1.29, 1.82) is 0 Å². The zero-order valence-electron chi connectivity index (χ0n) is 17.7. The molecular formula is C23H29NO4S. The smallest absolute Gasteiger partial charge is 0.335 e. The zero-order valence-corrected chi connectivity index (χ0v) is 18.5. The molecule has 6 heteroatoms. The van der Waals surface area contributed by atoms with Crippen molar-refractivity contribution in [1.82, 2.24) is 0 Å². The first kappa shape index (κ1) is 21.4. The highest BCUT2D eigenvalue weighted by Gasteiger charge is 2.37. The number of rotatable bonds is 5. The third-order valence-corrected chi connectivity index (χ3v) is 7.77. The van der Waals surface area contributed by atoms with E-state index in [4.69, 9.17) is 5.11 Å². The van der Waals surface area contributed by atoms with E-state index >= 15 is 0 Å².